The number of rotatable bonds is 9. The number of aromatic carboxylic acids is 1. The topological polar surface area (TPSA) is 113 Å². The van der Waals surface area contributed by atoms with Crippen molar-refractivity contribution in [3.63, 3.8) is 0 Å². The highest BCUT2D eigenvalue weighted by Gasteiger charge is 2.42. The number of carboxylic acids is 1. The lowest BCUT2D eigenvalue weighted by molar-refractivity contribution is -0.122. The predicted molar refractivity (Wildman–Crippen MR) is 147 cm³/mol. The zero-order valence-corrected chi connectivity index (χ0v) is 22.3. The summed E-state index contributed by atoms with van der Waals surface area (Å²) in [5, 5.41) is 11.6. The molecule has 1 atom stereocenters. The fourth-order valence-electron chi connectivity index (χ4n) is 4.65. The number of halogens is 2. The third-order valence-electron chi connectivity index (χ3n) is 6.66. The van der Waals surface area contributed by atoms with Crippen LogP contribution >= 0.6 is 0 Å². The molecule has 41 heavy (non-hydrogen) atoms. The minimum Gasteiger partial charge on any atom is -0.492 e. The maximum atomic E-state index is 13.9. The minimum absolute atomic E-state index is 0.00572. The summed E-state index contributed by atoms with van der Waals surface area (Å²) in [6.07, 6.45) is 0.164. The molecule has 0 aromatic heterocycles. The van der Waals surface area contributed by atoms with Crippen molar-refractivity contribution in [2.45, 2.75) is 17.4 Å². The van der Waals surface area contributed by atoms with Crippen LogP contribution in [-0.2, 0) is 21.2 Å². The molecule has 2 N–H and O–H groups in total. The molecule has 210 valence electrons. The van der Waals surface area contributed by atoms with E-state index in [1.54, 1.807) is 48.5 Å². The maximum Gasteiger partial charge on any atom is 0.338 e. The van der Waals surface area contributed by atoms with Crippen molar-refractivity contribution in [3.05, 3.63) is 114 Å². The number of anilines is 1. The Bertz CT molecular complexity index is 1710. The summed E-state index contributed by atoms with van der Waals surface area (Å²) < 4.78 is 61.3. The molecule has 0 aliphatic carbocycles. The molecular formula is C30H24F2N2O6S. The Labute approximate surface area is 234 Å². The average molecular weight is 579 g/mol. The van der Waals surface area contributed by atoms with Gasteiger partial charge in [0, 0.05) is 12.5 Å². The second-order valence-electron chi connectivity index (χ2n) is 9.27. The van der Waals surface area contributed by atoms with Crippen molar-refractivity contribution >= 4 is 27.6 Å². The molecule has 1 aliphatic rings. The first-order valence-electron chi connectivity index (χ1n) is 12.6. The Morgan fingerprint density at radius 2 is 1.59 bits per heavy atom. The van der Waals surface area contributed by atoms with Crippen LogP contribution in [0.4, 0.5) is 14.5 Å². The van der Waals surface area contributed by atoms with Crippen molar-refractivity contribution in [2.24, 2.45) is 0 Å². The van der Waals surface area contributed by atoms with Gasteiger partial charge in [0.05, 0.1) is 22.7 Å². The Morgan fingerprint density at radius 3 is 2.24 bits per heavy atom. The minimum atomic E-state index is -4.15. The van der Waals surface area contributed by atoms with E-state index >= 15 is 0 Å². The van der Waals surface area contributed by atoms with Crippen molar-refractivity contribution in [1.29, 1.82) is 0 Å². The summed E-state index contributed by atoms with van der Waals surface area (Å²) in [4.78, 5) is 24.2. The molecule has 1 amide bonds. The van der Waals surface area contributed by atoms with Crippen molar-refractivity contribution < 1.29 is 36.6 Å². The number of fused-ring (bicyclic) bond motifs is 1. The number of amides is 1. The monoisotopic (exact) mass is 578 g/mol. The van der Waals surface area contributed by atoms with Gasteiger partial charge in [-0.1, -0.05) is 42.5 Å². The predicted octanol–water partition coefficient (Wildman–Crippen LogP) is 4.65. The molecule has 0 saturated heterocycles. The summed E-state index contributed by atoms with van der Waals surface area (Å²) in [5.41, 5.74) is 2.04. The van der Waals surface area contributed by atoms with Crippen LogP contribution in [0.15, 0.2) is 95.9 Å². The van der Waals surface area contributed by atoms with Gasteiger partial charge < -0.3 is 15.2 Å². The summed E-state index contributed by atoms with van der Waals surface area (Å²) in [6, 6.07) is 21.1. The SMILES string of the molecule is O=C(O)c1ccc(OCCNC(=O)[C@@H]2Cc3ccccc3N2S(=O)(=O)c2ccc(-c3ccc(F)cc3)cc2)cc1F. The third kappa shape index (κ3) is 5.75. The smallest absolute Gasteiger partial charge is 0.338 e. The van der Waals surface area contributed by atoms with E-state index < -0.39 is 39.3 Å². The number of nitrogens with one attached hydrogen (secondary N) is 1. The first-order chi connectivity index (χ1) is 19.6. The third-order valence-corrected chi connectivity index (χ3v) is 8.49. The largest absolute Gasteiger partial charge is 0.492 e. The van der Waals surface area contributed by atoms with Gasteiger partial charge in [0.1, 0.15) is 30.0 Å². The fourth-order valence-corrected chi connectivity index (χ4v) is 6.30. The number of hydrogen-bond acceptors (Lipinski definition) is 5. The van der Waals surface area contributed by atoms with Gasteiger partial charge in [-0.2, -0.15) is 0 Å². The maximum absolute atomic E-state index is 13.9. The second-order valence-corrected chi connectivity index (χ2v) is 11.1. The van der Waals surface area contributed by atoms with Gasteiger partial charge in [-0.25, -0.2) is 22.0 Å². The average Bonchev–Trinajstić information content (AvgIpc) is 3.36. The highest BCUT2D eigenvalue weighted by molar-refractivity contribution is 7.93. The summed E-state index contributed by atoms with van der Waals surface area (Å²) in [5.74, 6) is -3.18. The Kier molecular flexibility index (Phi) is 7.71. The van der Waals surface area contributed by atoms with Crippen LogP contribution in [0.5, 0.6) is 5.75 Å². The number of sulfonamides is 1. The normalized spacial score (nSPS) is 14.4. The zero-order chi connectivity index (χ0) is 29.1. The summed E-state index contributed by atoms with van der Waals surface area (Å²) in [7, 11) is -4.15. The van der Waals surface area contributed by atoms with Crippen molar-refractivity contribution in [1.82, 2.24) is 5.32 Å². The van der Waals surface area contributed by atoms with Gasteiger partial charge in [-0.3, -0.25) is 9.10 Å². The number of ether oxygens (including phenoxy) is 1. The lowest BCUT2D eigenvalue weighted by Gasteiger charge is -2.26. The number of hydrogen-bond donors (Lipinski definition) is 2. The van der Waals surface area contributed by atoms with Crippen LogP contribution in [0.25, 0.3) is 11.1 Å². The molecule has 0 unspecified atom stereocenters. The van der Waals surface area contributed by atoms with E-state index in [9.17, 15) is 26.8 Å². The Balaban J connectivity index is 1.30. The first kappa shape index (κ1) is 27.8. The van der Waals surface area contributed by atoms with Gasteiger partial charge in [-0.15, -0.1) is 0 Å². The van der Waals surface area contributed by atoms with Gasteiger partial charge in [0.25, 0.3) is 10.0 Å². The molecule has 4 aromatic rings. The van der Waals surface area contributed by atoms with E-state index in [1.807, 2.05) is 0 Å². The first-order valence-corrected chi connectivity index (χ1v) is 14.0. The highest BCUT2D eigenvalue weighted by Crippen LogP contribution is 2.37. The van der Waals surface area contributed by atoms with Crippen LogP contribution in [0, 0.1) is 11.6 Å². The van der Waals surface area contributed by atoms with Crippen molar-refractivity contribution in [3.8, 4) is 16.9 Å². The molecule has 0 spiro atoms. The summed E-state index contributed by atoms with van der Waals surface area (Å²) >= 11 is 0. The Hall–Kier alpha value is -4.77. The molecule has 5 rings (SSSR count). The quantitative estimate of drug-likeness (QED) is 0.280. The number of para-hydroxylation sites is 1. The molecule has 4 aromatic carbocycles. The van der Waals surface area contributed by atoms with Crippen molar-refractivity contribution in [2.75, 3.05) is 17.5 Å². The molecule has 0 fully saturated rings. The second kappa shape index (κ2) is 11.4. The van der Waals surface area contributed by atoms with Crippen LogP contribution in [0.3, 0.4) is 0 Å². The molecule has 1 aliphatic heterocycles. The molecule has 11 heteroatoms. The number of nitrogens with zero attached hydrogens (tertiary/aromatic N) is 1. The Morgan fingerprint density at radius 1 is 0.927 bits per heavy atom. The molecule has 0 radical (unpaired) electrons. The lowest BCUT2D eigenvalue weighted by atomic mass is 10.1. The van der Waals surface area contributed by atoms with E-state index in [-0.39, 0.29) is 36.0 Å². The molecular weight excluding hydrogens is 554 g/mol. The lowest BCUT2D eigenvalue weighted by Crippen LogP contribution is -2.48. The number of carboxylic acid groups (broad SMARTS) is 1. The number of carbonyl (C=O) groups excluding carboxylic acids is 1. The fraction of sp³-hybridized carbons (Fsp3) is 0.133. The standard InChI is InChI=1S/C30H24F2N2O6S/c31-22-9-5-19(6-10-22)20-7-12-24(13-8-20)41(38,39)34-27-4-2-1-3-21(27)17-28(34)29(35)33-15-16-40-23-11-14-25(30(36)37)26(32)18-23/h1-14,18,28H,15-17H2,(H,33,35)(H,36,37)/t28-/m0/s1. The van der Waals surface area contributed by atoms with E-state index in [1.165, 1.54) is 30.3 Å². The summed E-state index contributed by atoms with van der Waals surface area (Å²) in [6.45, 7) is -0.0664. The molecule has 0 bridgehead atoms. The van der Waals surface area contributed by atoms with Gasteiger partial charge in [0.15, 0.2) is 0 Å². The zero-order valence-electron chi connectivity index (χ0n) is 21.5. The molecule has 0 saturated carbocycles. The molecule has 8 nitrogen and oxygen atoms in total. The van der Waals surface area contributed by atoms with Gasteiger partial charge in [-0.05, 0) is 59.2 Å². The van der Waals surface area contributed by atoms with Crippen LogP contribution in [0.2, 0.25) is 0 Å². The van der Waals surface area contributed by atoms with Crippen LogP contribution in [-0.4, -0.2) is 44.6 Å². The van der Waals surface area contributed by atoms with Gasteiger partial charge in [0.2, 0.25) is 5.91 Å². The van der Waals surface area contributed by atoms with E-state index in [2.05, 4.69) is 5.32 Å². The number of benzene rings is 4. The molecule has 1 heterocycles. The number of carbonyl (C=O) groups is 2. The van der Waals surface area contributed by atoms with E-state index in [0.717, 1.165) is 22.0 Å². The van der Waals surface area contributed by atoms with Gasteiger partial charge >= 0.3 is 5.97 Å². The van der Waals surface area contributed by atoms with Crippen LogP contribution < -0.4 is 14.4 Å². The highest BCUT2D eigenvalue weighted by atomic mass is 32.2. The van der Waals surface area contributed by atoms with Crippen LogP contribution in [0.1, 0.15) is 15.9 Å². The van der Waals surface area contributed by atoms with E-state index in [4.69, 9.17) is 9.84 Å². The van der Waals surface area contributed by atoms with E-state index in [0.29, 0.717) is 16.8 Å².